The molecule has 0 N–H and O–H groups in total. The van der Waals surface area contributed by atoms with Crippen molar-refractivity contribution in [3.05, 3.63) is 40.8 Å². The summed E-state index contributed by atoms with van der Waals surface area (Å²) in [6.07, 6.45) is 0. The highest BCUT2D eigenvalue weighted by Crippen LogP contribution is 2.44. The molecule has 0 aliphatic rings. The molecule has 0 aliphatic heterocycles. The van der Waals surface area contributed by atoms with E-state index in [4.69, 9.17) is 8.84 Å². The lowest BCUT2D eigenvalue weighted by molar-refractivity contribution is 0.393. The Morgan fingerprint density at radius 3 is 2.38 bits per heavy atom. The van der Waals surface area contributed by atoms with Crippen LogP contribution < -0.4 is 10.1 Å². The topological polar surface area (TPSA) is 39.4 Å². The second kappa shape index (κ2) is 5.33. The molecule has 0 radical (unpaired) electrons. The van der Waals surface area contributed by atoms with Crippen LogP contribution in [0.25, 0.3) is 11.0 Å². The molecule has 0 aliphatic carbocycles. The van der Waals surface area contributed by atoms with Crippen molar-refractivity contribution >= 4 is 19.3 Å². The van der Waals surface area contributed by atoms with Crippen LogP contribution in [0.4, 0.5) is 0 Å². The maximum Gasteiger partial charge on any atom is 0.336 e. The fourth-order valence-electron chi connectivity index (χ4n) is 2.23. The van der Waals surface area contributed by atoms with E-state index in [9.17, 15) is 4.79 Å². The average Bonchev–Trinajstić information content (AvgIpc) is 2.37. The summed E-state index contributed by atoms with van der Waals surface area (Å²) in [4.78, 5) is 11.3. The standard InChI is InChI=1S/C17H24O3Si/c1-12(2)17(3,4)21(5,6)20-14-9-7-13-8-10-16(18)19-15(13)11-14/h7-12H,1-6H3. The van der Waals surface area contributed by atoms with Gasteiger partial charge in [-0.15, -0.1) is 0 Å². The van der Waals surface area contributed by atoms with Gasteiger partial charge in [-0.1, -0.05) is 27.7 Å². The predicted octanol–water partition coefficient (Wildman–Crippen LogP) is 4.81. The molecule has 0 spiro atoms. The summed E-state index contributed by atoms with van der Waals surface area (Å²) in [5.74, 6) is 1.32. The van der Waals surface area contributed by atoms with E-state index in [1.807, 2.05) is 18.2 Å². The largest absolute Gasteiger partial charge is 0.543 e. The number of benzene rings is 1. The third kappa shape index (κ3) is 3.05. The first-order valence-corrected chi connectivity index (χ1v) is 10.3. The molecular weight excluding hydrogens is 280 g/mol. The fourth-order valence-corrected chi connectivity index (χ4v) is 4.60. The van der Waals surface area contributed by atoms with Gasteiger partial charge in [0.05, 0.1) is 0 Å². The highest BCUT2D eigenvalue weighted by molar-refractivity contribution is 6.75. The smallest absolute Gasteiger partial charge is 0.336 e. The minimum Gasteiger partial charge on any atom is -0.543 e. The Labute approximate surface area is 127 Å². The monoisotopic (exact) mass is 304 g/mol. The average molecular weight is 304 g/mol. The third-order valence-corrected chi connectivity index (χ3v) is 9.39. The zero-order chi connectivity index (χ0) is 15.8. The maximum absolute atomic E-state index is 11.3. The SMILES string of the molecule is CC(C)C(C)(C)[Si](C)(C)Oc1ccc2ccc(=O)oc2c1. The molecule has 0 unspecified atom stereocenters. The van der Waals surface area contributed by atoms with Crippen molar-refractivity contribution in [2.24, 2.45) is 5.92 Å². The van der Waals surface area contributed by atoms with Gasteiger partial charge in [-0.25, -0.2) is 4.79 Å². The van der Waals surface area contributed by atoms with Gasteiger partial charge in [-0.05, 0) is 42.2 Å². The number of fused-ring (bicyclic) bond motifs is 1. The second-order valence-corrected chi connectivity index (χ2v) is 11.5. The van der Waals surface area contributed by atoms with Gasteiger partial charge in [-0.3, -0.25) is 0 Å². The molecular formula is C17H24O3Si. The molecule has 1 aromatic carbocycles. The number of hydrogen-bond donors (Lipinski definition) is 0. The van der Waals surface area contributed by atoms with Crippen LogP contribution in [0.5, 0.6) is 5.75 Å². The Morgan fingerprint density at radius 1 is 1.14 bits per heavy atom. The van der Waals surface area contributed by atoms with E-state index in [1.165, 1.54) is 6.07 Å². The summed E-state index contributed by atoms with van der Waals surface area (Å²) >= 11 is 0. The Morgan fingerprint density at radius 2 is 1.76 bits per heavy atom. The van der Waals surface area contributed by atoms with Crippen LogP contribution in [-0.4, -0.2) is 8.32 Å². The zero-order valence-corrected chi connectivity index (χ0v) is 14.7. The molecule has 21 heavy (non-hydrogen) atoms. The number of hydrogen-bond acceptors (Lipinski definition) is 3. The molecule has 0 atom stereocenters. The minimum absolute atomic E-state index is 0.138. The summed E-state index contributed by atoms with van der Waals surface area (Å²) in [6.45, 7) is 13.5. The molecule has 3 nitrogen and oxygen atoms in total. The van der Waals surface area contributed by atoms with E-state index in [2.05, 4.69) is 40.8 Å². The maximum atomic E-state index is 11.3. The normalized spacial score (nSPS) is 12.9. The molecule has 2 aromatic rings. The molecule has 0 saturated carbocycles. The van der Waals surface area contributed by atoms with E-state index >= 15 is 0 Å². The summed E-state index contributed by atoms with van der Waals surface area (Å²) < 4.78 is 11.6. The molecule has 4 heteroatoms. The molecule has 2 rings (SSSR count). The predicted molar refractivity (Wildman–Crippen MR) is 89.5 cm³/mol. The zero-order valence-electron chi connectivity index (χ0n) is 13.7. The highest BCUT2D eigenvalue weighted by Gasteiger charge is 2.44. The highest BCUT2D eigenvalue weighted by atomic mass is 28.4. The number of rotatable bonds is 4. The van der Waals surface area contributed by atoms with E-state index in [0.717, 1.165) is 11.1 Å². The summed E-state index contributed by atoms with van der Waals surface area (Å²) in [5, 5.41) is 1.05. The first-order chi connectivity index (χ1) is 9.63. The molecule has 114 valence electrons. The quantitative estimate of drug-likeness (QED) is 0.601. The van der Waals surface area contributed by atoms with Crippen LogP contribution in [0.2, 0.25) is 18.1 Å². The Bertz CT molecular complexity index is 698. The van der Waals surface area contributed by atoms with Crippen LogP contribution in [0.3, 0.4) is 0 Å². The van der Waals surface area contributed by atoms with Gasteiger partial charge in [0, 0.05) is 17.5 Å². The van der Waals surface area contributed by atoms with Gasteiger partial charge < -0.3 is 8.84 Å². The molecule has 1 heterocycles. The Hall–Kier alpha value is -1.55. The van der Waals surface area contributed by atoms with Crippen LogP contribution >= 0.6 is 0 Å². The molecule has 0 amide bonds. The van der Waals surface area contributed by atoms with Crippen LogP contribution in [-0.2, 0) is 0 Å². The van der Waals surface area contributed by atoms with Crippen LogP contribution in [0, 0.1) is 5.92 Å². The van der Waals surface area contributed by atoms with Crippen molar-refractivity contribution in [3.8, 4) is 5.75 Å². The summed E-state index contributed by atoms with van der Waals surface area (Å²) in [6, 6.07) is 8.91. The van der Waals surface area contributed by atoms with Crippen LogP contribution in [0.15, 0.2) is 39.5 Å². The van der Waals surface area contributed by atoms with Crippen molar-refractivity contribution in [1.82, 2.24) is 0 Å². The molecule has 1 aromatic heterocycles. The Balaban J connectivity index is 2.37. The van der Waals surface area contributed by atoms with Crippen molar-refractivity contribution < 1.29 is 8.84 Å². The second-order valence-electron chi connectivity index (χ2n) is 6.94. The van der Waals surface area contributed by atoms with Crippen molar-refractivity contribution in [1.29, 1.82) is 0 Å². The first-order valence-electron chi connectivity index (χ1n) is 7.36. The van der Waals surface area contributed by atoms with E-state index in [1.54, 1.807) is 6.07 Å². The lowest BCUT2D eigenvalue weighted by atomic mass is 9.99. The van der Waals surface area contributed by atoms with Gasteiger partial charge in [0.25, 0.3) is 8.32 Å². The van der Waals surface area contributed by atoms with E-state index < -0.39 is 8.32 Å². The van der Waals surface area contributed by atoms with Crippen molar-refractivity contribution in [2.75, 3.05) is 0 Å². The lowest BCUT2D eigenvalue weighted by Gasteiger charge is -2.42. The van der Waals surface area contributed by atoms with Gasteiger partial charge in [0.1, 0.15) is 11.3 Å². The fraction of sp³-hybridized carbons (Fsp3) is 0.471. The van der Waals surface area contributed by atoms with Crippen LogP contribution in [0.1, 0.15) is 27.7 Å². The minimum atomic E-state index is -1.96. The van der Waals surface area contributed by atoms with Gasteiger partial charge in [-0.2, -0.15) is 0 Å². The van der Waals surface area contributed by atoms with Gasteiger partial charge in [0.15, 0.2) is 0 Å². The Kier molecular flexibility index (Phi) is 4.02. The first kappa shape index (κ1) is 15.8. The van der Waals surface area contributed by atoms with E-state index in [0.29, 0.717) is 11.5 Å². The van der Waals surface area contributed by atoms with Gasteiger partial charge in [0.2, 0.25) is 0 Å². The summed E-state index contributed by atoms with van der Waals surface area (Å²) in [7, 11) is -1.96. The van der Waals surface area contributed by atoms with Crippen molar-refractivity contribution in [3.63, 3.8) is 0 Å². The van der Waals surface area contributed by atoms with Gasteiger partial charge >= 0.3 is 5.63 Å². The lowest BCUT2D eigenvalue weighted by Crippen LogP contribution is -2.47. The molecule has 0 saturated heterocycles. The third-order valence-electron chi connectivity index (χ3n) is 4.96. The summed E-state index contributed by atoms with van der Waals surface area (Å²) in [5.41, 5.74) is 0.241. The van der Waals surface area contributed by atoms with Crippen molar-refractivity contribution in [2.45, 2.75) is 45.8 Å². The van der Waals surface area contributed by atoms with E-state index in [-0.39, 0.29) is 10.7 Å². The molecule has 0 bridgehead atoms. The molecule has 0 fully saturated rings.